The Hall–Kier alpha value is -2.87. The largest absolute Gasteiger partial charge is 0.461 e. The van der Waals surface area contributed by atoms with Crippen LogP contribution in [0.3, 0.4) is 0 Å². The zero-order chi connectivity index (χ0) is 19.3. The van der Waals surface area contributed by atoms with Crippen LogP contribution in [0.4, 0.5) is 0 Å². The van der Waals surface area contributed by atoms with Crippen molar-refractivity contribution in [1.82, 2.24) is 4.98 Å². The number of aromatic nitrogens is 1. The highest BCUT2D eigenvalue weighted by Gasteiger charge is 2.14. The van der Waals surface area contributed by atoms with Crippen molar-refractivity contribution in [3.8, 4) is 6.07 Å². The molecule has 0 aliphatic rings. The third-order valence-electron chi connectivity index (χ3n) is 4.55. The van der Waals surface area contributed by atoms with Gasteiger partial charge >= 0.3 is 5.97 Å². The van der Waals surface area contributed by atoms with Gasteiger partial charge in [-0.15, -0.1) is 0 Å². The van der Waals surface area contributed by atoms with E-state index in [1.165, 1.54) is 5.56 Å². The number of carbonyl (C=O) groups excluding carboxylic acids is 1. The van der Waals surface area contributed by atoms with E-state index in [2.05, 4.69) is 18.8 Å². The molecule has 2 rings (SSSR count). The second kappa shape index (κ2) is 8.48. The minimum Gasteiger partial charge on any atom is -0.461 e. The Morgan fingerprint density at radius 2 is 1.88 bits per heavy atom. The molecule has 1 N–H and O–H groups in total. The number of rotatable bonds is 6. The minimum atomic E-state index is -0.390. The number of aryl methyl sites for hydroxylation is 1. The Morgan fingerprint density at radius 1 is 1.23 bits per heavy atom. The van der Waals surface area contributed by atoms with Crippen molar-refractivity contribution in [3.63, 3.8) is 0 Å². The van der Waals surface area contributed by atoms with Crippen LogP contribution < -0.4 is 5.56 Å². The summed E-state index contributed by atoms with van der Waals surface area (Å²) in [6.07, 6.45) is 0.622. The zero-order valence-corrected chi connectivity index (χ0v) is 15.7. The summed E-state index contributed by atoms with van der Waals surface area (Å²) in [5.41, 5.74) is 4.04. The molecule has 0 aliphatic heterocycles. The minimum absolute atomic E-state index is 0.101. The highest BCUT2D eigenvalue weighted by molar-refractivity contribution is 5.70. The van der Waals surface area contributed by atoms with Crippen molar-refractivity contribution >= 4 is 5.97 Å². The zero-order valence-electron chi connectivity index (χ0n) is 15.7. The second-order valence-corrected chi connectivity index (χ2v) is 6.73. The Morgan fingerprint density at radius 3 is 2.46 bits per heavy atom. The summed E-state index contributed by atoms with van der Waals surface area (Å²) in [5.74, 6) is 0.162. The Kier molecular flexibility index (Phi) is 6.35. The predicted octanol–water partition coefficient (Wildman–Crippen LogP) is 3.66. The van der Waals surface area contributed by atoms with Crippen molar-refractivity contribution in [2.45, 2.75) is 53.1 Å². The number of pyridine rings is 1. The van der Waals surface area contributed by atoms with Gasteiger partial charge in [-0.25, -0.2) is 0 Å². The van der Waals surface area contributed by atoms with Gasteiger partial charge in [0.1, 0.15) is 18.2 Å². The summed E-state index contributed by atoms with van der Waals surface area (Å²) in [4.78, 5) is 26.5. The van der Waals surface area contributed by atoms with Gasteiger partial charge in [-0.1, -0.05) is 38.1 Å². The number of hydrogen-bond acceptors (Lipinski definition) is 4. The molecule has 26 heavy (non-hydrogen) atoms. The molecule has 1 aromatic carbocycles. The lowest BCUT2D eigenvalue weighted by molar-refractivity contribution is -0.144. The molecule has 0 saturated heterocycles. The van der Waals surface area contributed by atoms with Crippen molar-refractivity contribution in [3.05, 3.63) is 68.1 Å². The molecule has 5 nitrogen and oxygen atoms in total. The summed E-state index contributed by atoms with van der Waals surface area (Å²) in [6.45, 7) is 8.01. The van der Waals surface area contributed by atoms with Crippen molar-refractivity contribution in [2.75, 3.05) is 0 Å². The molecular formula is C21H24N2O3. The smallest absolute Gasteiger partial charge is 0.306 e. The first-order valence-corrected chi connectivity index (χ1v) is 8.70. The number of hydrogen-bond donors (Lipinski definition) is 1. The molecule has 0 amide bonds. The summed E-state index contributed by atoms with van der Waals surface area (Å²) >= 11 is 0. The van der Waals surface area contributed by atoms with Crippen LogP contribution >= 0.6 is 0 Å². The monoisotopic (exact) mass is 352 g/mol. The molecule has 0 fully saturated rings. The summed E-state index contributed by atoms with van der Waals surface area (Å²) in [7, 11) is 0. The van der Waals surface area contributed by atoms with E-state index in [0.717, 1.165) is 11.1 Å². The van der Waals surface area contributed by atoms with E-state index in [4.69, 9.17) is 10.00 Å². The van der Waals surface area contributed by atoms with Crippen LogP contribution in [-0.4, -0.2) is 11.0 Å². The van der Waals surface area contributed by atoms with E-state index >= 15 is 0 Å². The average Bonchev–Trinajstić information content (AvgIpc) is 2.60. The first kappa shape index (κ1) is 19.5. The maximum Gasteiger partial charge on any atom is 0.306 e. The van der Waals surface area contributed by atoms with E-state index < -0.39 is 5.56 Å². The highest BCUT2D eigenvalue weighted by Crippen LogP contribution is 2.17. The third-order valence-corrected chi connectivity index (χ3v) is 4.55. The lowest BCUT2D eigenvalue weighted by Gasteiger charge is -2.11. The van der Waals surface area contributed by atoms with Gasteiger partial charge < -0.3 is 9.72 Å². The summed E-state index contributed by atoms with van der Waals surface area (Å²) in [5, 5.41) is 9.09. The van der Waals surface area contributed by atoms with Crippen LogP contribution in [0.2, 0.25) is 0 Å². The highest BCUT2D eigenvalue weighted by atomic mass is 16.5. The van der Waals surface area contributed by atoms with Crippen LogP contribution in [0.25, 0.3) is 0 Å². The fraction of sp³-hybridized carbons (Fsp3) is 0.381. The Labute approximate surface area is 153 Å². The predicted molar refractivity (Wildman–Crippen MR) is 99.9 cm³/mol. The number of H-pyrrole nitrogens is 1. The maximum atomic E-state index is 12.0. The third kappa shape index (κ3) is 4.60. The molecule has 1 aromatic heterocycles. The molecule has 136 valence electrons. The lowest BCUT2D eigenvalue weighted by atomic mass is 9.99. The number of esters is 1. The average molecular weight is 352 g/mol. The topological polar surface area (TPSA) is 83.0 Å². The standard InChI is InChI=1S/C21H24N2O3/c1-13(2)17-7-5-16(6-8-17)12-26-20(24)10-9-18-14(3)19(11-22)21(25)23-15(18)4/h5-8,13H,9-10,12H2,1-4H3,(H,23,25). The molecule has 0 aliphatic carbocycles. The van der Waals surface area contributed by atoms with Gasteiger partial charge in [0, 0.05) is 12.1 Å². The second-order valence-electron chi connectivity index (χ2n) is 6.73. The van der Waals surface area contributed by atoms with Crippen LogP contribution in [0.1, 0.15) is 59.7 Å². The molecule has 0 saturated carbocycles. The van der Waals surface area contributed by atoms with Gasteiger partial charge in [-0.2, -0.15) is 5.26 Å². The van der Waals surface area contributed by atoms with Gasteiger partial charge in [-0.3, -0.25) is 9.59 Å². The van der Waals surface area contributed by atoms with Crippen molar-refractivity contribution in [2.24, 2.45) is 0 Å². The number of carbonyl (C=O) groups is 1. The normalized spacial score (nSPS) is 10.6. The molecule has 0 radical (unpaired) electrons. The van der Waals surface area contributed by atoms with Crippen molar-refractivity contribution < 1.29 is 9.53 Å². The molecular weight excluding hydrogens is 328 g/mol. The maximum absolute atomic E-state index is 12.0. The van der Waals surface area contributed by atoms with E-state index in [-0.39, 0.29) is 24.6 Å². The molecule has 0 unspecified atom stereocenters. The molecule has 2 aromatic rings. The number of ether oxygens (including phenoxy) is 1. The molecule has 5 heteroatoms. The molecule has 0 atom stereocenters. The van der Waals surface area contributed by atoms with Gasteiger partial charge in [-0.05, 0) is 48.4 Å². The van der Waals surface area contributed by atoms with Gasteiger partial charge in [0.2, 0.25) is 0 Å². The Bertz CT molecular complexity index is 887. The number of nitrogens with zero attached hydrogens (tertiary/aromatic N) is 1. The molecule has 1 heterocycles. The first-order valence-electron chi connectivity index (χ1n) is 8.70. The van der Waals surface area contributed by atoms with Crippen LogP contribution in [0.15, 0.2) is 29.1 Å². The fourth-order valence-corrected chi connectivity index (χ4v) is 2.88. The number of nitrogens with one attached hydrogen (secondary N) is 1. The van der Waals surface area contributed by atoms with E-state index in [1.54, 1.807) is 13.8 Å². The van der Waals surface area contributed by atoms with Crippen LogP contribution in [0, 0.1) is 25.2 Å². The van der Waals surface area contributed by atoms with E-state index in [1.807, 2.05) is 30.3 Å². The molecule has 0 spiro atoms. The van der Waals surface area contributed by atoms with Crippen LogP contribution in [0.5, 0.6) is 0 Å². The first-order chi connectivity index (χ1) is 12.3. The Balaban J connectivity index is 1.95. The summed E-state index contributed by atoms with van der Waals surface area (Å²) < 4.78 is 5.33. The number of aromatic amines is 1. The van der Waals surface area contributed by atoms with Gasteiger partial charge in [0.15, 0.2) is 0 Å². The molecule has 0 bridgehead atoms. The van der Waals surface area contributed by atoms with Crippen molar-refractivity contribution in [1.29, 1.82) is 5.26 Å². The van der Waals surface area contributed by atoms with E-state index in [0.29, 0.717) is 23.6 Å². The van der Waals surface area contributed by atoms with Gasteiger partial charge in [0.05, 0.1) is 0 Å². The lowest BCUT2D eigenvalue weighted by Crippen LogP contribution is -2.17. The number of nitriles is 1. The number of benzene rings is 1. The fourth-order valence-electron chi connectivity index (χ4n) is 2.88. The quantitative estimate of drug-likeness (QED) is 0.804. The van der Waals surface area contributed by atoms with E-state index in [9.17, 15) is 9.59 Å². The van der Waals surface area contributed by atoms with Gasteiger partial charge in [0.25, 0.3) is 5.56 Å². The van der Waals surface area contributed by atoms with Crippen LogP contribution in [-0.2, 0) is 22.6 Å². The SMILES string of the molecule is Cc1[nH]c(=O)c(C#N)c(C)c1CCC(=O)OCc1ccc(C(C)C)cc1. The summed E-state index contributed by atoms with van der Waals surface area (Å²) in [6, 6.07) is 9.95.